The molecule has 3 N–H and O–H groups in total. The van der Waals surface area contributed by atoms with E-state index in [1.165, 1.54) is 25.8 Å². The number of piperidine rings is 1. The third kappa shape index (κ3) is 5.78. The van der Waals surface area contributed by atoms with Crippen LogP contribution in [0.5, 0.6) is 0 Å². The zero-order chi connectivity index (χ0) is 19.2. The van der Waals surface area contributed by atoms with E-state index in [-0.39, 0.29) is 29.5 Å². The van der Waals surface area contributed by atoms with Gasteiger partial charge in [0.2, 0.25) is 15.9 Å². The molecule has 1 aromatic rings. The molecule has 0 saturated carbocycles. The summed E-state index contributed by atoms with van der Waals surface area (Å²) in [6.07, 6.45) is 4.95. The van der Waals surface area contributed by atoms with Gasteiger partial charge in [-0.3, -0.25) is 4.79 Å². The van der Waals surface area contributed by atoms with E-state index in [1.54, 1.807) is 18.7 Å². The Morgan fingerprint density at radius 3 is 2.73 bits per heavy atom. The first kappa shape index (κ1) is 20.9. The minimum absolute atomic E-state index is 0.0482. The maximum absolute atomic E-state index is 12.2. The van der Waals surface area contributed by atoms with Crippen LogP contribution in [0.1, 0.15) is 50.5 Å². The lowest BCUT2D eigenvalue weighted by Crippen LogP contribution is -3.16. The smallest absolute Gasteiger partial charge is 0.245 e. The number of nitrogens with one attached hydrogen (secondary N) is 3. The van der Waals surface area contributed by atoms with Crippen LogP contribution in [0.25, 0.3) is 0 Å². The van der Waals surface area contributed by atoms with Crippen molar-refractivity contribution in [3.05, 3.63) is 11.5 Å². The second kappa shape index (κ2) is 9.48. The van der Waals surface area contributed by atoms with Crippen molar-refractivity contribution in [1.29, 1.82) is 0 Å². The predicted octanol–water partition coefficient (Wildman–Crippen LogP) is -0.0766. The number of likely N-dealkylation sites (tertiary alicyclic amines) is 1. The van der Waals surface area contributed by atoms with Gasteiger partial charge >= 0.3 is 0 Å². The van der Waals surface area contributed by atoms with Gasteiger partial charge in [0.05, 0.1) is 19.1 Å². The minimum atomic E-state index is -3.71. The number of hydrogen-bond donors (Lipinski definition) is 3. The van der Waals surface area contributed by atoms with Crippen molar-refractivity contribution in [3.8, 4) is 0 Å². The van der Waals surface area contributed by atoms with Crippen molar-refractivity contribution < 1.29 is 22.6 Å². The van der Waals surface area contributed by atoms with E-state index in [9.17, 15) is 13.2 Å². The van der Waals surface area contributed by atoms with Gasteiger partial charge < -0.3 is 14.7 Å². The van der Waals surface area contributed by atoms with E-state index >= 15 is 0 Å². The Balaban J connectivity index is 1.64. The van der Waals surface area contributed by atoms with Crippen LogP contribution in [0.3, 0.4) is 0 Å². The quantitative estimate of drug-likeness (QED) is 0.514. The maximum atomic E-state index is 12.2. The van der Waals surface area contributed by atoms with Crippen LogP contribution in [0.15, 0.2) is 9.42 Å². The molecular formula is C17H31N4O4S+. The first-order valence-corrected chi connectivity index (χ1v) is 10.8. The zero-order valence-electron chi connectivity index (χ0n) is 15.9. The predicted molar refractivity (Wildman–Crippen MR) is 97.4 cm³/mol. The molecule has 2 heterocycles. The molecule has 2 rings (SSSR count). The van der Waals surface area contributed by atoms with Crippen LogP contribution >= 0.6 is 0 Å². The van der Waals surface area contributed by atoms with Gasteiger partial charge in [-0.25, -0.2) is 13.1 Å². The highest BCUT2D eigenvalue weighted by atomic mass is 32.2. The molecule has 8 nitrogen and oxygen atoms in total. The van der Waals surface area contributed by atoms with Gasteiger partial charge in [-0.05, 0) is 40.0 Å². The van der Waals surface area contributed by atoms with Crippen molar-refractivity contribution in [2.45, 2.75) is 63.8 Å². The van der Waals surface area contributed by atoms with Gasteiger partial charge in [-0.15, -0.1) is 0 Å². The van der Waals surface area contributed by atoms with Crippen molar-refractivity contribution in [2.75, 3.05) is 26.2 Å². The van der Waals surface area contributed by atoms with Gasteiger partial charge in [0, 0.05) is 25.9 Å². The third-order valence-corrected chi connectivity index (χ3v) is 6.66. The molecule has 1 amide bonds. The fourth-order valence-electron chi connectivity index (χ4n) is 3.49. The van der Waals surface area contributed by atoms with Crippen LogP contribution < -0.4 is 14.9 Å². The zero-order valence-corrected chi connectivity index (χ0v) is 16.7. The van der Waals surface area contributed by atoms with E-state index in [4.69, 9.17) is 4.52 Å². The number of amides is 1. The van der Waals surface area contributed by atoms with Crippen LogP contribution in [-0.2, 0) is 14.8 Å². The van der Waals surface area contributed by atoms with E-state index in [1.807, 2.05) is 0 Å². The number of aryl methyl sites for hydroxylation is 2. The van der Waals surface area contributed by atoms with Crippen molar-refractivity contribution >= 4 is 15.9 Å². The number of aromatic nitrogens is 1. The van der Waals surface area contributed by atoms with E-state index < -0.39 is 10.0 Å². The molecule has 0 bridgehead atoms. The summed E-state index contributed by atoms with van der Waals surface area (Å²) >= 11 is 0. The average Bonchev–Trinajstić information content (AvgIpc) is 2.92. The van der Waals surface area contributed by atoms with Crippen LogP contribution in [-0.4, -0.2) is 51.7 Å². The van der Waals surface area contributed by atoms with Crippen LogP contribution in [0.2, 0.25) is 0 Å². The summed E-state index contributed by atoms with van der Waals surface area (Å²) in [5, 5.41) is 6.51. The normalized spacial score (nSPS) is 20.9. The monoisotopic (exact) mass is 387 g/mol. The lowest BCUT2D eigenvalue weighted by molar-refractivity contribution is -0.928. The molecule has 9 heteroatoms. The average molecular weight is 388 g/mol. The SMILES string of the molecule is Cc1noc(C)c1S(=O)(=O)NCCC(=O)NCCC[NH+]1CCCC[C@H]1C. The van der Waals surface area contributed by atoms with Gasteiger partial charge in [0.15, 0.2) is 5.76 Å². The molecule has 0 aromatic carbocycles. The van der Waals surface area contributed by atoms with Gasteiger partial charge in [0.1, 0.15) is 10.6 Å². The molecule has 1 aliphatic rings. The number of hydrogen-bond acceptors (Lipinski definition) is 5. The highest BCUT2D eigenvalue weighted by Gasteiger charge is 2.24. The van der Waals surface area contributed by atoms with E-state index in [0.717, 1.165) is 13.0 Å². The highest BCUT2D eigenvalue weighted by molar-refractivity contribution is 7.89. The largest absolute Gasteiger partial charge is 0.360 e. The standard InChI is InChI=1S/C17H30N4O4S/c1-13-7-4-5-11-21(13)12-6-9-18-16(22)8-10-19-26(23,24)17-14(2)20-25-15(17)3/h13,19H,4-12H2,1-3H3,(H,18,22)/p+1/t13-/m1/s1. The first-order valence-electron chi connectivity index (χ1n) is 9.35. The fraction of sp³-hybridized carbons (Fsp3) is 0.765. The number of rotatable bonds is 9. The summed E-state index contributed by atoms with van der Waals surface area (Å²) in [5.74, 6) is 0.0991. The maximum Gasteiger partial charge on any atom is 0.245 e. The summed E-state index contributed by atoms with van der Waals surface area (Å²) < 4.78 is 31.8. The summed E-state index contributed by atoms with van der Waals surface area (Å²) in [7, 11) is -3.71. The molecular weight excluding hydrogens is 356 g/mol. The number of quaternary nitrogens is 1. The molecule has 0 spiro atoms. The molecule has 1 unspecified atom stereocenters. The number of sulfonamides is 1. The van der Waals surface area contributed by atoms with Crippen molar-refractivity contribution in [1.82, 2.24) is 15.2 Å². The molecule has 148 valence electrons. The highest BCUT2D eigenvalue weighted by Crippen LogP contribution is 2.18. The van der Waals surface area contributed by atoms with Crippen LogP contribution in [0.4, 0.5) is 0 Å². The summed E-state index contributed by atoms with van der Waals surface area (Å²) in [6, 6.07) is 0.707. The molecule has 0 radical (unpaired) electrons. The Labute approximate surface area is 155 Å². The second-order valence-corrected chi connectivity index (χ2v) is 8.76. The molecule has 1 aromatic heterocycles. The molecule has 26 heavy (non-hydrogen) atoms. The van der Waals surface area contributed by atoms with Crippen molar-refractivity contribution in [2.24, 2.45) is 0 Å². The Hall–Kier alpha value is -1.45. The topological polar surface area (TPSA) is 106 Å². The van der Waals surface area contributed by atoms with Gasteiger partial charge in [-0.1, -0.05) is 5.16 Å². The fourth-order valence-corrected chi connectivity index (χ4v) is 4.84. The minimum Gasteiger partial charge on any atom is -0.360 e. The number of carbonyl (C=O) groups is 1. The molecule has 1 saturated heterocycles. The molecule has 1 fully saturated rings. The molecule has 0 aliphatic carbocycles. The summed E-state index contributed by atoms with van der Waals surface area (Å²) in [5.41, 5.74) is 0.314. The Morgan fingerprint density at radius 2 is 2.08 bits per heavy atom. The van der Waals surface area contributed by atoms with Crippen LogP contribution in [0, 0.1) is 13.8 Å². The number of nitrogens with zero attached hydrogens (tertiary/aromatic N) is 1. The Bertz CT molecular complexity index is 682. The number of carbonyl (C=O) groups excluding carboxylic acids is 1. The molecule has 1 aliphatic heterocycles. The first-order chi connectivity index (χ1) is 12.3. The van der Waals surface area contributed by atoms with Gasteiger partial charge in [0.25, 0.3) is 0 Å². The Morgan fingerprint density at radius 1 is 1.31 bits per heavy atom. The third-order valence-electron chi connectivity index (χ3n) is 4.96. The van der Waals surface area contributed by atoms with Crippen molar-refractivity contribution in [3.63, 3.8) is 0 Å². The second-order valence-electron chi connectivity index (χ2n) is 7.06. The van der Waals surface area contributed by atoms with E-state index in [0.29, 0.717) is 18.3 Å². The summed E-state index contributed by atoms with van der Waals surface area (Å²) in [6.45, 7) is 8.38. The Kier molecular flexibility index (Phi) is 7.60. The summed E-state index contributed by atoms with van der Waals surface area (Å²) in [4.78, 5) is 13.6. The molecule has 2 atom stereocenters. The lowest BCUT2D eigenvalue weighted by Gasteiger charge is -2.30. The lowest BCUT2D eigenvalue weighted by atomic mass is 10.0. The van der Waals surface area contributed by atoms with E-state index in [2.05, 4.69) is 22.1 Å². The van der Waals surface area contributed by atoms with Gasteiger partial charge in [-0.2, -0.15) is 0 Å².